The second-order valence-corrected chi connectivity index (χ2v) is 4.99. The van der Waals surface area contributed by atoms with Gasteiger partial charge >= 0.3 is 0 Å². The van der Waals surface area contributed by atoms with Crippen molar-refractivity contribution >= 4 is 17.3 Å². The minimum Gasteiger partial charge on any atom is -0.267 e. The molecule has 0 bridgehead atoms. The first-order valence-corrected chi connectivity index (χ1v) is 7.20. The maximum Gasteiger partial charge on any atom is 0.282 e. The van der Waals surface area contributed by atoms with E-state index in [9.17, 15) is 14.9 Å². The number of nitro benzene ring substituents is 1. The molecule has 1 N–H and O–H groups in total. The molecule has 0 saturated carbocycles. The number of carbonyl (C=O) groups excluding carboxylic acids is 1. The molecule has 2 rings (SSSR count). The Morgan fingerprint density at radius 2 is 1.83 bits per heavy atom. The van der Waals surface area contributed by atoms with Crippen LogP contribution in [-0.2, 0) is 0 Å². The Hall–Kier alpha value is -3.02. The molecular formula is C17H17N3O3. The van der Waals surface area contributed by atoms with Crippen LogP contribution < -0.4 is 5.43 Å². The third-order valence-corrected chi connectivity index (χ3v) is 3.36. The standard InChI is InChI=1S/C17H17N3O3/c1-3-15(13-10-8-12(2)9-11-13)18-19-17(21)14-6-4-5-7-16(14)20(22)23/h4-11H,3H2,1-2H3,(H,19,21). The second kappa shape index (κ2) is 7.31. The van der Waals surface area contributed by atoms with E-state index in [1.54, 1.807) is 6.07 Å². The van der Waals surface area contributed by atoms with E-state index in [0.717, 1.165) is 11.1 Å². The zero-order valence-electron chi connectivity index (χ0n) is 12.9. The highest BCUT2D eigenvalue weighted by Crippen LogP contribution is 2.17. The molecule has 2 aromatic carbocycles. The Morgan fingerprint density at radius 1 is 1.17 bits per heavy atom. The number of aryl methyl sites for hydroxylation is 1. The molecule has 118 valence electrons. The molecule has 0 heterocycles. The molecule has 2 aromatic rings. The fourth-order valence-corrected chi connectivity index (χ4v) is 2.10. The van der Waals surface area contributed by atoms with Crippen LogP contribution in [0.2, 0.25) is 0 Å². The van der Waals surface area contributed by atoms with E-state index in [1.807, 2.05) is 38.1 Å². The molecule has 0 spiro atoms. The maximum absolute atomic E-state index is 12.2. The van der Waals surface area contributed by atoms with Crippen LogP contribution in [0.4, 0.5) is 5.69 Å². The lowest BCUT2D eigenvalue weighted by Crippen LogP contribution is -2.21. The minimum absolute atomic E-state index is 0.0133. The highest BCUT2D eigenvalue weighted by molar-refractivity contribution is 6.03. The molecule has 0 saturated heterocycles. The average Bonchev–Trinajstić information content (AvgIpc) is 2.56. The van der Waals surface area contributed by atoms with E-state index < -0.39 is 10.8 Å². The van der Waals surface area contributed by atoms with Gasteiger partial charge < -0.3 is 0 Å². The van der Waals surface area contributed by atoms with Gasteiger partial charge in [0.25, 0.3) is 11.6 Å². The van der Waals surface area contributed by atoms with Crippen molar-refractivity contribution in [2.45, 2.75) is 20.3 Å². The Kier molecular flexibility index (Phi) is 5.19. The summed E-state index contributed by atoms with van der Waals surface area (Å²) < 4.78 is 0. The van der Waals surface area contributed by atoms with Crippen molar-refractivity contribution in [2.24, 2.45) is 5.10 Å². The van der Waals surface area contributed by atoms with Crippen LogP contribution in [0.1, 0.15) is 34.8 Å². The van der Waals surface area contributed by atoms with Gasteiger partial charge in [0.2, 0.25) is 0 Å². The van der Waals surface area contributed by atoms with Crippen molar-refractivity contribution in [3.05, 3.63) is 75.3 Å². The van der Waals surface area contributed by atoms with Crippen molar-refractivity contribution in [3.8, 4) is 0 Å². The van der Waals surface area contributed by atoms with Crippen LogP contribution in [-0.4, -0.2) is 16.5 Å². The highest BCUT2D eigenvalue weighted by Gasteiger charge is 2.18. The van der Waals surface area contributed by atoms with Gasteiger partial charge in [-0.1, -0.05) is 48.9 Å². The summed E-state index contributed by atoms with van der Waals surface area (Å²) in [5, 5.41) is 15.1. The number of para-hydroxylation sites is 1. The van der Waals surface area contributed by atoms with Gasteiger partial charge in [-0.05, 0) is 25.0 Å². The highest BCUT2D eigenvalue weighted by atomic mass is 16.6. The van der Waals surface area contributed by atoms with E-state index in [1.165, 1.54) is 18.2 Å². The van der Waals surface area contributed by atoms with Crippen molar-refractivity contribution < 1.29 is 9.72 Å². The van der Waals surface area contributed by atoms with Gasteiger partial charge in [0.15, 0.2) is 0 Å². The molecular weight excluding hydrogens is 294 g/mol. The number of hydrazone groups is 1. The minimum atomic E-state index is -0.602. The van der Waals surface area contributed by atoms with E-state index in [-0.39, 0.29) is 11.3 Å². The quantitative estimate of drug-likeness (QED) is 0.521. The summed E-state index contributed by atoms with van der Waals surface area (Å²) >= 11 is 0. The van der Waals surface area contributed by atoms with Crippen molar-refractivity contribution in [2.75, 3.05) is 0 Å². The van der Waals surface area contributed by atoms with Crippen LogP contribution in [0.5, 0.6) is 0 Å². The van der Waals surface area contributed by atoms with Crippen LogP contribution in [0.15, 0.2) is 53.6 Å². The predicted octanol–water partition coefficient (Wildman–Crippen LogP) is 3.45. The summed E-state index contributed by atoms with van der Waals surface area (Å²) in [6.45, 7) is 3.92. The molecule has 6 heteroatoms. The molecule has 0 aliphatic heterocycles. The SMILES string of the molecule is CCC(=NNC(=O)c1ccccc1[N+](=O)[O-])c1ccc(C)cc1. The number of hydrogen-bond donors (Lipinski definition) is 1. The van der Waals surface area contributed by atoms with Gasteiger partial charge in [0.05, 0.1) is 10.6 Å². The van der Waals surface area contributed by atoms with Crippen molar-refractivity contribution in [1.82, 2.24) is 5.43 Å². The number of benzene rings is 2. The molecule has 0 aliphatic rings. The maximum atomic E-state index is 12.2. The molecule has 1 amide bonds. The summed E-state index contributed by atoms with van der Waals surface area (Å²) in [6, 6.07) is 13.6. The Bertz CT molecular complexity index is 752. The third kappa shape index (κ3) is 4.00. The van der Waals surface area contributed by atoms with Gasteiger partial charge in [-0.15, -0.1) is 0 Å². The molecule has 6 nitrogen and oxygen atoms in total. The lowest BCUT2D eigenvalue weighted by molar-refractivity contribution is -0.385. The van der Waals surface area contributed by atoms with Crippen LogP contribution >= 0.6 is 0 Å². The summed E-state index contributed by atoms with van der Waals surface area (Å²) in [7, 11) is 0. The van der Waals surface area contributed by atoms with Crippen LogP contribution in [0.25, 0.3) is 0 Å². The van der Waals surface area contributed by atoms with Gasteiger partial charge in [-0.2, -0.15) is 5.10 Å². The normalized spacial score (nSPS) is 11.1. The monoisotopic (exact) mass is 311 g/mol. The van der Waals surface area contributed by atoms with Crippen molar-refractivity contribution in [1.29, 1.82) is 0 Å². The van der Waals surface area contributed by atoms with Gasteiger partial charge in [0, 0.05) is 6.07 Å². The number of nitro groups is 1. The van der Waals surface area contributed by atoms with Gasteiger partial charge in [-0.3, -0.25) is 14.9 Å². The summed E-state index contributed by atoms with van der Waals surface area (Å²) in [5.74, 6) is -0.602. The molecule has 0 aromatic heterocycles. The smallest absolute Gasteiger partial charge is 0.267 e. The molecule has 0 fully saturated rings. The summed E-state index contributed by atoms with van der Waals surface area (Å²) in [4.78, 5) is 22.5. The molecule has 0 radical (unpaired) electrons. The number of nitrogens with zero attached hydrogens (tertiary/aromatic N) is 2. The lowest BCUT2D eigenvalue weighted by atomic mass is 10.1. The van der Waals surface area contributed by atoms with E-state index in [4.69, 9.17) is 0 Å². The Balaban J connectivity index is 2.22. The molecule has 23 heavy (non-hydrogen) atoms. The first-order chi connectivity index (χ1) is 11.0. The zero-order valence-corrected chi connectivity index (χ0v) is 12.9. The first-order valence-electron chi connectivity index (χ1n) is 7.20. The van der Waals surface area contributed by atoms with E-state index >= 15 is 0 Å². The number of carbonyl (C=O) groups is 1. The number of rotatable bonds is 5. The van der Waals surface area contributed by atoms with E-state index in [2.05, 4.69) is 10.5 Å². The topological polar surface area (TPSA) is 84.6 Å². The van der Waals surface area contributed by atoms with E-state index in [0.29, 0.717) is 12.1 Å². The second-order valence-electron chi connectivity index (χ2n) is 4.99. The number of hydrogen-bond acceptors (Lipinski definition) is 4. The van der Waals surface area contributed by atoms with Crippen molar-refractivity contribution in [3.63, 3.8) is 0 Å². The Labute approximate surface area is 134 Å². The van der Waals surface area contributed by atoms with Gasteiger partial charge in [0.1, 0.15) is 5.56 Å². The number of amides is 1. The van der Waals surface area contributed by atoms with Gasteiger partial charge in [-0.25, -0.2) is 5.43 Å². The fourth-order valence-electron chi connectivity index (χ4n) is 2.10. The zero-order chi connectivity index (χ0) is 16.8. The molecule has 0 unspecified atom stereocenters. The Morgan fingerprint density at radius 3 is 2.43 bits per heavy atom. The average molecular weight is 311 g/mol. The largest absolute Gasteiger partial charge is 0.282 e. The molecule has 0 aliphatic carbocycles. The molecule has 0 atom stereocenters. The number of nitrogens with one attached hydrogen (secondary N) is 1. The van der Waals surface area contributed by atoms with Crippen LogP contribution in [0.3, 0.4) is 0 Å². The summed E-state index contributed by atoms with van der Waals surface area (Å²) in [5.41, 5.74) is 4.89. The first kappa shape index (κ1) is 16.4. The summed E-state index contributed by atoms with van der Waals surface area (Å²) in [6.07, 6.45) is 0.625. The third-order valence-electron chi connectivity index (χ3n) is 3.36. The lowest BCUT2D eigenvalue weighted by Gasteiger charge is -2.06. The predicted molar refractivity (Wildman–Crippen MR) is 88.6 cm³/mol. The fraction of sp³-hybridized carbons (Fsp3) is 0.176. The van der Waals surface area contributed by atoms with Crippen LogP contribution in [0, 0.1) is 17.0 Å².